The van der Waals surface area contributed by atoms with Gasteiger partial charge < -0.3 is 9.30 Å². The van der Waals surface area contributed by atoms with Crippen molar-refractivity contribution in [3.05, 3.63) is 69.7 Å². The highest BCUT2D eigenvalue weighted by Crippen LogP contribution is 2.22. The summed E-state index contributed by atoms with van der Waals surface area (Å²) in [5, 5.41) is 5.94. The first kappa shape index (κ1) is 17.0. The fourth-order valence-electron chi connectivity index (χ4n) is 2.67. The number of carbonyl (C=O) groups excluding carboxylic acids is 1. The Kier molecular flexibility index (Phi) is 5.00. The summed E-state index contributed by atoms with van der Waals surface area (Å²) in [5.74, 6) is 0.625. The first-order chi connectivity index (χ1) is 12.1. The number of aromatic nitrogens is 1. The average molecular weight is 353 g/mol. The Morgan fingerprint density at radius 1 is 1.24 bits per heavy atom. The molecule has 0 fully saturated rings. The van der Waals surface area contributed by atoms with Crippen molar-refractivity contribution in [2.45, 2.75) is 13.8 Å². The molecule has 0 spiro atoms. The number of amides is 1. The van der Waals surface area contributed by atoms with Gasteiger partial charge in [0.25, 0.3) is 5.91 Å². The lowest BCUT2D eigenvalue weighted by atomic mass is 10.2. The minimum absolute atomic E-state index is 0.199. The third-order valence-electron chi connectivity index (χ3n) is 3.92. The maximum Gasteiger partial charge on any atom is 0.281 e. The number of ether oxygens (including phenoxy) is 1. The van der Waals surface area contributed by atoms with Crippen LogP contribution in [0, 0.1) is 13.8 Å². The van der Waals surface area contributed by atoms with Gasteiger partial charge in [0.1, 0.15) is 5.75 Å². The molecule has 0 aliphatic heterocycles. The Hall–Kier alpha value is -2.86. The normalized spacial score (nSPS) is 11.0. The van der Waals surface area contributed by atoms with Crippen LogP contribution in [-0.4, -0.2) is 23.8 Å². The molecule has 2 aromatic heterocycles. The van der Waals surface area contributed by atoms with E-state index in [9.17, 15) is 4.79 Å². The zero-order valence-electron chi connectivity index (χ0n) is 14.3. The third kappa shape index (κ3) is 3.64. The summed E-state index contributed by atoms with van der Waals surface area (Å²) in [7, 11) is 1.65. The molecule has 0 bridgehead atoms. The largest absolute Gasteiger partial charge is 0.497 e. The molecule has 3 aromatic rings. The predicted octanol–water partition coefficient (Wildman–Crippen LogP) is 3.93. The predicted molar refractivity (Wildman–Crippen MR) is 101 cm³/mol. The van der Waals surface area contributed by atoms with Crippen molar-refractivity contribution in [3.63, 3.8) is 0 Å². The van der Waals surface area contributed by atoms with Gasteiger partial charge in [-0.05, 0) is 55.6 Å². The average Bonchev–Trinajstić information content (AvgIpc) is 3.24. The number of hydrogen-bond acceptors (Lipinski definition) is 4. The van der Waals surface area contributed by atoms with Crippen molar-refractivity contribution in [1.29, 1.82) is 0 Å². The second kappa shape index (κ2) is 7.36. The highest BCUT2D eigenvalue weighted by atomic mass is 32.1. The van der Waals surface area contributed by atoms with Crippen molar-refractivity contribution in [1.82, 2.24) is 9.99 Å². The van der Waals surface area contributed by atoms with E-state index in [0.717, 1.165) is 28.4 Å². The molecular formula is C19H19N3O2S. The maximum absolute atomic E-state index is 11.9. The van der Waals surface area contributed by atoms with Crippen LogP contribution in [0.25, 0.3) is 5.69 Å². The highest BCUT2D eigenvalue weighted by molar-refractivity contribution is 7.12. The van der Waals surface area contributed by atoms with Crippen molar-refractivity contribution >= 4 is 23.5 Å². The SMILES string of the molecule is COc1ccc(-n2c(C)cc(/C=N\NC(=O)c3cccs3)c2C)cc1. The zero-order valence-corrected chi connectivity index (χ0v) is 15.1. The number of nitrogens with one attached hydrogen (secondary N) is 1. The first-order valence-corrected chi connectivity index (χ1v) is 8.68. The second-order valence-electron chi connectivity index (χ2n) is 5.54. The molecule has 1 aromatic carbocycles. The minimum Gasteiger partial charge on any atom is -0.497 e. The molecule has 25 heavy (non-hydrogen) atoms. The Morgan fingerprint density at radius 3 is 2.64 bits per heavy atom. The molecule has 1 amide bonds. The molecule has 0 saturated carbocycles. The number of thiophene rings is 1. The van der Waals surface area contributed by atoms with Crippen LogP contribution in [0.4, 0.5) is 0 Å². The molecular weight excluding hydrogens is 334 g/mol. The number of benzene rings is 1. The topological polar surface area (TPSA) is 55.6 Å². The van der Waals surface area contributed by atoms with E-state index in [1.165, 1.54) is 11.3 Å². The Labute approximate surface area is 150 Å². The molecule has 6 heteroatoms. The van der Waals surface area contributed by atoms with Gasteiger partial charge in [-0.25, -0.2) is 5.43 Å². The van der Waals surface area contributed by atoms with E-state index >= 15 is 0 Å². The first-order valence-electron chi connectivity index (χ1n) is 7.80. The molecule has 0 aliphatic rings. The Balaban J connectivity index is 1.79. The van der Waals surface area contributed by atoms with Gasteiger partial charge >= 0.3 is 0 Å². The number of rotatable bonds is 5. The van der Waals surface area contributed by atoms with E-state index in [0.29, 0.717) is 4.88 Å². The summed E-state index contributed by atoms with van der Waals surface area (Å²) < 4.78 is 7.35. The van der Waals surface area contributed by atoms with Gasteiger partial charge in [-0.1, -0.05) is 6.07 Å². The van der Waals surface area contributed by atoms with E-state index in [-0.39, 0.29) is 5.91 Å². The molecule has 2 heterocycles. The number of carbonyl (C=O) groups is 1. The molecule has 5 nitrogen and oxygen atoms in total. The lowest BCUT2D eigenvalue weighted by molar-refractivity contribution is 0.0959. The van der Waals surface area contributed by atoms with Crippen molar-refractivity contribution in [3.8, 4) is 11.4 Å². The van der Waals surface area contributed by atoms with Crippen LogP contribution < -0.4 is 10.2 Å². The van der Waals surface area contributed by atoms with Crippen LogP contribution in [0.2, 0.25) is 0 Å². The monoisotopic (exact) mass is 353 g/mol. The van der Waals surface area contributed by atoms with E-state index < -0.39 is 0 Å². The van der Waals surface area contributed by atoms with Gasteiger partial charge in [0.15, 0.2) is 0 Å². The van der Waals surface area contributed by atoms with Gasteiger partial charge in [0.05, 0.1) is 18.2 Å². The van der Waals surface area contributed by atoms with Crippen LogP contribution in [0.3, 0.4) is 0 Å². The summed E-state index contributed by atoms with van der Waals surface area (Å²) in [6, 6.07) is 13.5. The number of hydrogen-bond donors (Lipinski definition) is 1. The van der Waals surface area contributed by atoms with Gasteiger partial charge in [0, 0.05) is 22.6 Å². The molecule has 3 rings (SSSR count). The molecule has 1 N–H and O–H groups in total. The lowest BCUT2D eigenvalue weighted by Crippen LogP contribution is -2.16. The van der Waals surface area contributed by atoms with E-state index in [4.69, 9.17) is 4.74 Å². The van der Waals surface area contributed by atoms with E-state index in [1.54, 1.807) is 19.4 Å². The molecule has 128 valence electrons. The standard InChI is InChI=1S/C19H19N3O2S/c1-13-11-15(12-20-21-19(23)18-5-4-10-25-18)14(2)22(13)16-6-8-17(24-3)9-7-16/h4-12H,1-3H3,(H,21,23)/b20-12-. The van der Waals surface area contributed by atoms with Crippen LogP contribution in [0.1, 0.15) is 26.6 Å². The molecule has 0 saturated heterocycles. The number of methoxy groups -OCH3 is 1. The number of hydrazone groups is 1. The zero-order chi connectivity index (χ0) is 17.8. The van der Waals surface area contributed by atoms with Crippen LogP contribution in [0.5, 0.6) is 5.75 Å². The number of aryl methyl sites for hydroxylation is 1. The highest BCUT2D eigenvalue weighted by Gasteiger charge is 2.10. The van der Waals surface area contributed by atoms with Crippen molar-refractivity contribution in [2.75, 3.05) is 7.11 Å². The van der Waals surface area contributed by atoms with Gasteiger partial charge in [-0.2, -0.15) is 5.10 Å². The van der Waals surface area contributed by atoms with Crippen LogP contribution in [-0.2, 0) is 0 Å². The van der Waals surface area contributed by atoms with E-state index in [1.807, 2.05) is 55.6 Å². The molecule has 0 unspecified atom stereocenters. The Bertz CT molecular complexity index is 894. The second-order valence-corrected chi connectivity index (χ2v) is 6.48. The molecule has 0 atom stereocenters. The van der Waals surface area contributed by atoms with Gasteiger partial charge in [-0.3, -0.25) is 4.79 Å². The fourth-order valence-corrected chi connectivity index (χ4v) is 3.28. The summed E-state index contributed by atoms with van der Waals surface area (Å²) in [5.41, 5.74) is 6.72. The smallest absolute Gasteiger partial charge is 0.281 e. The third-order valence-corrected chi connectivity index (χ3v) is 4.78. The molecule has 0 aliphatic carbocycles. The van der Waals surface area contributed by atoms with Gasteiger partial charge in [0.2, 0.25) is 0 Å². The van der Waals surface area contributed by atoms with Crippen LogP contribution in [0.15, 0.2) is 52.9 Å². The maximum atomic E-state index is 11.9. The van der Waals surface area contributed by atoms with Gasteiger partial charge in [-0.15, -0.1) is 11.3 Å². The number of nitrogens with zero attached hydrogens (tertiary/aromatic N) is 2. The molecule has 0 radical (unpaired) electrons. The summed E-state index contributed by atoms with van der Waals surface area (Å²) in [4.78, 5) is 12.5. The summed E-state index contributed by atoms with van der Waals surface area (Å²) in [6.07, 6.45) is 1.67. The van der Waals surface area contributed by atoms with Crippen LogP contribution >= 0.6 is 11.3 Å². The summed E-state index contributed by atoms with van der Waals surface area (Å²) in [6.45, 7) is 4.07. The minimum atomic E-state index is -0.199. The Morgan fingerprint density at radius 2 is 2.00 bits per heavy atom. The quantitative estimate of drug-likeness (QED) is 0.558. The summed E-state index contributed by atoms with van der Waals surface area (Å²) >= 11 is 1.39. The van der Waals surface area contributed by atoms with Crippen molar-refractivity contribution in [2.24, 2.45) is 5.10 Å². The fraction of sp³-hybridized carbons (Fsp3) is 0.158. The lowest BCUT2D eigenvalue weighted by Gasteiger charge is -2.10. The van der Waals surface area contributed by atoms with E-state index in [2.05, 4.69) is 15.1 Å². The van der Waals surface area contributed by atoms with Crippen molar-refractivity contribution < 1.29 is 9.53 Å².